The average Bonchev–Trinajstić information content (AvgIpc) is 3.25. The quantitative estimate of drug-likeness (QED) is 0.418. The van der Waals surface area contributed by atoms with E-state index in [0.29, 0.717) is 13.5 Å². The highest BCUT2D eigenvalue weighted by Gasteiger charge is 2.40. The lowest BCUT2D eigenvalue weighted by Gasteiger charge is -2.33. The number of ether oxygens (including phenoxy) is 1. The molecule has 1 aromatic heterocycles. The second kappa shape index (κ2) is 11.4. The number of amides is 1. The highest BCUT2D eigenvalue weighted by atomic mass is 35.5. The minimum absolute atomic E-state index is 0.0721. The summed E-state index contributed by atoms with van der Waals surface area (Å²) in [4.78, 5) is 31.2. The van der Waals surface area contributed by atoms with Crippen LogP contribution >= 0.6 is 34.5 Å². The van der Waals surface area contributed by atoms with Crippen LogP contribution in [0.5, 0.6) is 0 Å². The van der Waals surface area contributed by atoms with Gasteiger partial charge in [-0.2, -0.15) is 17.9 Å². The van der Waals surface area contributed by atoms with Gasteiger partial charge >= 0.3 is 12.1 Å². The Kier molecular flexibility index (Phi) is 9.16. The first-order valence-electron chi connectivity index (χ1n) is 11.2. The third-order valence-corrected chi connectivity index (χ3v) is 9.39. The van der Waals surface area contributed by atoms with Crippen LogP contribution in [0, 0.1) is 0 Å². The predicted octanol–water partition coefficient (Wildman–Crippen LogP) is 5.54. The van der Waals surface area contributed by atoms with Gasteiger partial charge in [-0.25, -0.2) is 18.2 Å². The van der Waals surface area contributed by atoms with E-state index >= 15 is 0 Å². The monoisotopic (exact) mass is 601 g/mol. The van der Waals surface area contributed by atoms with Crippen molar-refractivity contribution in [2.75, 3.05) is 13.2 Å². The van der Waals surface area contributed by atoms with Crippen molar-refractivity contribution >= 4 is 56.4 Å². The maximum atomic E-state index is 13.5. The summed E-state index contributed by atoms with van der Waals surface area (Å²) < 4.78 is 70.5. The van der Waals surface area contributed by atoms with Gasteiger partial charge in [-0.15, -0.1) is 11.3 Å². The molecule has 2 atom stereocenters. The van der Waals surface area contributed by atoms with E-state index in [1.165, 1.54) is 10.8 Å². The zero-order valence-electron chi connectivity index (χ0n) is 20.0. The summed E-state index contributed by atoms with van der Waals surface area (Å²) in [5.41, 5.74) is 0.00902. The molecule has 2 unspecified atom stereocenters. The van der Waals surface area contributed by atoms with Crippen LogP contribution in [0.4, 0.5) is 13.2 Å². The molecule has 0 saturated carbocycles. The number of nitrogens with zero attached hydrogens (tertiary/aromatic N) is 2. The van der Waals surface area contributed by atoms with Crippen molar-refractivity contribution in [3.63, 3.8) is 0 Å². The van der Waals surface area contributed by atoms with E-state index in [1.807, 2.05) is 6.92 Å². The van der Waals surface area contributed by atoms with Crippen molar-refractivity contribution in [1.82, 2.24) is 14.6 Å². The molecular weight excluding hydrogens is 578 g/mol. The molecule has 1 aliphatic heterocycles. The smallest absolute Gasteiger partial charge is 0.404 e. The summed E-state index contributed by atoms with van der Waals surface area (Å²) >= 11 is 13.4. The van der Waals surface area contributed by atoms with Gasteiger partial charge in [-0.05, 0) is 46.1 Å². The number of carbonyl (C=O) groups excluding carboxylic acids is 2. The summed E-state index contributed by atoms with van der Waals surface area (Å²) in [5, 5.41) is -0.990. The van der Waals surface area contributed by atoms with E-state index in [-0.39, 0.29) is 38.8 Å². The number of alkyl halides is 3. The molecule has 1 aromatic carbocycles. The fourth-order valence-electron chi connectivity index (χ4n) is 3.74. The Bertz CT molecular complexity index is 1300. The van der Waals surface area contributed by atoms with Crippen LogP contribution < -0.4 is 4.72 Å². The normalized spacial score (nSPS) is 17.5. The Labute approximate surface area is 226 Å². The number of aromatic nitrogens is 1. The predicted molar refractivity (Wildman–Crippen MR) is 134 cm³/mol. The Hall–Kier alpha value is -1.93. The number of rotatable bonds is 7. The van der Waals surface area contributed by atoms with Gasteiger partial charge in [-0.1, -0.05) is 29.3 Å². The van der Waals surface area contributed by atoms with Crippen molar-refractivity contribution in [2.45, 2.75) is 63.2 Å². The van der Waals surface area contributed by atoms with Crippen LogP contribution in [0.3, 0.4) is 0 Å². The molecule has 15 heteroatoms. The summed E-state index contributed by atoms with van der Waals surface area (Å²) in [7, 11) is -4.71. The Morgan fingerprint density at radius 1 is 1.27 bits per heavy atom. The number of hydrogen-bond donors (Lipinski definition) is 1. The number of esters is 1. The van der Waals surface area contributed by atoms with E-state index in [9.17, 15) is 31.2 Å². The Morgan fingerprint density at radius 2 is 1.95 bits per heavy atom. The molecule has 2 aromatic rings. The number of nitrogens with one attached hydrogen (secondary N) is 1. The zero-order chi connectivity index (χ0) is 27.7. The fraction of sp³-hybridized carbons (Fsp3) is 0.500. The van der Waals surface area contributed by atoms with Gasteiger partial charge in [0.15, 0.2) is 0 Å². The summed E-state index contributed by atoms with van der Waals surface area (Å²) in [6, 6.07) is -0.261. The topological polar surface area (TPSA) is 106 Å². The van der Waals surface area contributed by atoms with Gasteiger partial charge in [0, 0.05) is 18.2 Å². The van der Waals surface area contributed by atoms with Crippen molar-refractivity contribution in [1.29, 1.82) is 0 Å². The molecule has 204 valence electrons. The molecule has 0 radical (unpaired) electrons. The van der Waals surface area contributed by atoms with Gasteiger partial charge in [-0.3, -0.25) is 4.79 Å². The fourth-order valence-corrected chi connectivity index (χ4v) is 6.88. The molecular formula is C22H24Cl2F3N3O5S2. The molecule has 0 spiro atoms. The molecule has 37 heavy (non-hydrogen) atoms. The maximum Gasteiger partial charge on any atom is 0.404 e. The van der Waals surface area contributed by atoms with Crippen LogP contribution in [0.25, 0.3) is 10.4 Å². The number of sulfonamides is 1. The van der Waals surface area contributed by atoms with E-state index in [1.54, 1.807) is 11.8 Å². The third-order valence-electron chi connectivity index (χ3n) is 5.75. The molecule has 0 aliphatic carbocycles. The van der Waals surface area contributed by atoms with Crippen LogP contribution in [0.15, 0.2) is 17.0 Å². The number of benzene rings is 1. The van der Waals surface area contributed by atoms with Gasteiger partial charge in [0.2, 0.25) is 15.0 Å². The number of carbonyl (C=O) groups is 2. The highest BCUT2D eigenvalue weighted by Crippen LogP contribution is 2.42. The molecule has 3 rings (SSSR count). The third kappa shape index (κ3) is 6.39. The standard InChI is InChI=1S/C22H24Cl2F3N3O5S2/c1-4-35-21(32)19-28-17(20(31)30-10-6-5-7-11(30)2)18(36-19)13-8-9-14(16(24)15(13)23)37(33,34)29-12(3)22(25,26)27/h8-9,11-12,29H,4-7,10H2,1-3H3. The zero-order valence-corrected chi connectivity index (χ0v) is 23.1. The largest absolute Gasteiger partial charge is 0.461 e. The maximum absolute atomic E-state index is 13.5. The van der Waals surface area contributed by atoms with Crippen molar-refractivity contribution in [3.8, 4) is 10.4 Å². The van der Waals surface area contributed by atoms with E-state index in [4.69, 9.17) is 27.9 Å². The highest BCUT2D eigenvalue weighted by molar-refractivity contribution is 7.89. The molecule has 2 heterocycles. The molecule has 1 aliphatic rings. The lowest BCUT2D eigenvalue weighted by molar-refractivity contribution is -0.147. The molecule has 1 N–H and O–H groups in total. The average molecular weight is 602 g/mol. The summed E-state index contributed by atoms with van der Waals surface area (Å²) in [6.45, 7) is 4.71. The first-order chi connectivity index (χ1) is 17.2. The number of hydrogen-bond acceptors (Lipinski definition) is 7. The molecule has 1 saturated heterocycles. The number of piperidine rings is 1. The second-order valence-electron chi connectivity index (χ2n) is 8.38. The first-order valence-corrected chi connectivity index (χ1v) is 14.3. The van der Waals surface area contributed by atoms with Gasteiger partial charge < -0.3 is 9.64 Å². The van der Waals surface area contributed by atoms with Crippen LogP contribution in [-0.2, 0) is 14.8 Å². The Morgan fingerprint density at radius 3 is 2.54 bits per heavy atom. The number of likely N-dealkylation sites (tertiary alicyclic amines) is 1. The summed E-state index contributed by atoms with van der Waals surface area (Å²) in [5.74, 6) is -1.20. The minimum Gasteiger partial charge on any atom is -0.461 e. The van der Waals surface area contributed by atoms with E-state index in [2.05, 4.69) is 4.98 Å². The summed E-state index contributed by atoms with van der Waals surface area (Å²) in [6.07, 6.45) is -2.28. The van der Waals surface area contributed by atoms with Crippen molar-refractivity contribution < 1.29 is 35.9 Å². The molecule has 8 nitrogen and oxygen atoms in total. The molecule has 1 amide bonds. The van der Waals surface area contributed by atoms with Crippen LogP contribution in [-0.4, -0.2) is 61.6 Å². The first kappa shape index (κ1) is 29.6. The number of thiazole rings is 1. The SMILES string of the molecule is CCOC(=O)c1nc(C(=O)N2CCCCC2C)c(-c2ccc(S(=O)(=O)NC(C)C(F)(F)F)c(Cl)c2Cl)s1. The lowest BCUT2D eigenvalue weighted by Crippen LogP contribution is -2.43. The van der Waals surface area contributed by atoms with Crippen LogP contribution in [0.2, 0.25) is 10.0 Å². The van der Waals surface area contributed by atoms with E-state index < -0.39 is 44.0 Å². The lowest BCUT2D eigenvalue weighted by atomic mass is 10.0. The molecule has 0 bridgehead atoms. The van der Waals surface area contributed by atoms with Crippen LogP contribution in [0.1, 0.15) is 60.3 Å². The van der Waals surface area contributed by atoms with Crippen molar-refractivity contribution in [2.24, 2.45) is 0 Å². The van der Waals surface area contributed by atoms with Crippen molar-refractivity contribution in [3.05, 3.63) is 32.9 Å². The van der Waals surface area contributed by atoms with Gasteiger partial charge in [0.05, 0.1) is 21.5 Å². The van der Waals surface area contributed by atoms with E-state index in [0.717, 1.165) is 36.7 Å². The van der Waals surface area contributed by atoms with Gasteiger partial charge in [0.25, 0.3) is 5.91 Å². The second-order valence-corrected chi connectivity index (χ2v) is 11.8. The minimum atomic E-state index is -4.82. The van der Waals surface area contributed by atoms with Gasteiger partial charge in [0.1, 0.15) is 16.6 Å². The Balaban J connectivity index is 2.10. The number of halogens is 5. The molecule has 1 fully saturated rings.